The number of hydrogen-bond donors (Lipinski definition) is 3. The molecule has 0 amide bonds. The number of likely N-dealkylation sites (N-methyl/N-ethyl adjacent to an activating group) is 1. The summed E-state index contributed by atoms with van der Waals surface area (Å²) in [5, 5.41) is 27.4. The summed E-state index contributed by atoms with van der Waals surface area (Å²) in [6.45, 7) is -0.00287. The van der Waals surface area contributed by atoms with E-state index in [2.05, 4.69) is 0 Å². The Kier molecular flexibility index (Phi) is 1.85. The summed E-state index contributed by atoms with van der Waals surface area (Å²) < 4.78 is 5.05. The molecule has 2 saturated heterocycles. The average Bonchev–Trinajstić information content (AvgIpc) is 2.27. The topological polar surface area (TPSA) is 73.2 Å². The van der Waals surface area contributed by atoms with Crippen molar-refractivity contribution in [2.75, 3.05) is 13.7 Å². The Balaban J connectivity index is 2.08. The molecule has 2 fully saturated rings. The maximum atomic E-state index is 9.37. The molecule has 2 heterocycles. The number of ether oxygens (including phenoxy) is 1. The lowest BCUT2D eigenvalue weighted by atomic mass is 9.89. The van der Waals surface area contributed by atoms with E-state index in [4.69, 9.17) is 14.9 Å². The third kappa shape index (κ3) is 0.855. The van der Waals surface area contributed by atoms with Crippen molar-refractivity contribution in [2.24, 2.45) is 0 Å². The van der Waals surface area contributed by atoms with E-state index in [1.54, 1.807) is 7.05 Å². The fraction of sp³-hybridized carbons (Fsp3) is 1.00. The van der Waals surface area contributed by atoms with Crippen LogP contribution in [0.4, 0.5) is 0 Å². The standard InChI is InChI=1S/C7H13NO4/c1-8-3(2-9)6-4(8)5(10)7(11)12-6/h3-7,9-11H,2H2,1H3/t3-,4+,5+,6+,7?/m0/s1. The molecule has 0 aliphatic carbocycles. The van der Waals surface area contributed by atoms with Crippen LogP contribution in [0.1, 0.15) is 0 Å². The second kappa shape index (κ2) is 2.65. The highest BCUT2D eigenvalue weighted by molar-refractivity contribution is 5.08. The summed E-state index contributed by atoms with van der Waals surface area (Å²) in [6, 6.07) is -0.237. The summed E-state index contributed by atoms with van der Waals surface area (Å²) in [6.07, 6.45) is -2.16. The zero-order chi connectivity index (χ0) is 8.88. The van der Waals surface area contributed by atoms with Crippen molar-refractivity contribution in [3.8, 4) is 0 Å². The summed E-state index contributed by atoms with van der Waals surface area (Å²) in [5.74, 6) is 0. The van der Waals surface area contributed by atoms with E-state index < -0.39 is 12.4 Å². The van der Waals surface area contributed by atoms with Crippen LogP contribution >= 0.6 is 0 Å². The molecule has 3 N–H and O–H groups in total. The molecule has 1 unspecified atom stereocenters. The average molecular weight is 175 g/mol. The number of aliphatic hydroxyl groups excluding tert-OH is 3. The highest BCUT2D eigenvalue weighted by Crippen LogP contribution is 2.36. The van der Waals surface area contributed by atoms with Crippen LogP contribution in [0.2, 0.25) is 0 Å². The molecule has 0 radical (unpaired) electrons. The molecule has 0 aromatic carbocycles. The molecular weight excluding hydrogens is 162 g/mol. The summed E-state index contributed by atoms with van der Waals surface area (Å²) in [5.41, 5.74) is 0. The maximum Gasteiger partial charge on any atom is 0.182 e. The van der Waals surface area contributed by atoms with Gasteiger partial charge in [0, 0.05) is 0 Å². The Bertz CT molecular complexity index is 188. The van der Waals surface area contributed by atoms with Crippen LogP contribution in [0.3, 0.4) is 0 Å². The van der Waals surface area contributed by atoms with E-state index in [0.717, 1.165) is 0 Å². The van der Waals surface area contributed by atoms with Crippen LogP contribution in [-0.2, 0) is 4.74 Å². The first kappa shape index (κ1) is 8.40. The quantitative estimate of drug-likeness (QED) is 0.419. The van der Waals surface area contributed by atoms with Crippen LogP contribution in [-0.4, -0.2) is 64.5 Å². The molecule has 0 aromatic heterocycles. The Labute approximate surface area is 70.2 Å². The zero-order valence-corrected chi connectivity index (χ0v) is 6.79. The van der Waals surface area contributed by atoms with Gasteiger partial charge in [0.15, 0.2) is 6.29 Å². The second-order valence-electron chi connectivity index (χ2n) is 3.39. The number of aliphatic hydroxyl groups is 3. The van der Waals surface area contributed by atoms with Crippen molar-refractivity contribution in [1.29, 1.82) is 0 Å². The van der Waals surface area contributed by atoms with Gasteiger partial charge in [0.05, 0.1) is 24.8 Å². The molecule has 2 rings (SSSR count). The minimum atomic E-state index is -1.10. The highest BCUT2D eigenvalue weighted by atomic mass is 16.6. The number of rotatable bonds is 1. The van der Waals surface area contributed by atoms with Crippen LogP contribution in [0.25, 0.3) is 0 Å². The number of fused-ring (bicyclic) bond motifs is 1. The molecule has 70 valence electrons. The molecular formula is C7H13NO4. The first-order valence-corrected chi connectivity index (χ1v) is 4.01. The van der Waals surface area contributed by atoms with Crippen molar-refractivity contribution >= 4 is 0 Å². The van der Waals surface area contributed by atoms with E-state index in [1.807, 2.05) is 4.90 Å². The molecule has 2 aliphatic heterocycles. The lowest BCUT2D eigenvalue weighted by Gasteiger charge is -2.48. The van der Waals surface area contributed by atoms with Crippen LogP contribution < -0.4 is 0 Å². The summed E-state index contributed by atoms with van der Waals surface area (Å²) >= 11 is 0. The highest BCUT2D eigenvalue weighted by Gasteiger charge is 2.57. The van der Waals surface area contributed by atoms with Gasteiger partial charge in [0.1, 0.15) is 6.10 Å². The van der Waals surface area contributed by atoms with E-state index in [-0.39, 0.29) is 24.8 Å². The SMILES string of the molecule is CN1[C@H]2[C@H](OC(O)[C@@H]2O)[C@@H]1CO. The molecule has 5 atom stereocenters. The van der Waals surface area contributed by atoms with Crippen molar-refractivity contribution < 1.29 is 20.1 Å². The third-order valence-electron chi connectivity index (χ3n) is 2.83. The van der Waals surface area contributed by atoms with Gasteiger partial charge in [-0.25, -0.2) is 0 Å². The monoisotopic (exact) mass is 175 g/mol. The molecule has 0 spiro atoms. The normalized spacial score (nSPS) is 53.5. The van der Waals surface area contributed by atoms with Crippen LogP contribution in [0.5, 0.6) is 0 Å². The van der Waals surface area contributed by atoms with Crippen molar-refractivity contribution in [2.45, 2.75) is 30.6 Å². The number of likely N-dealkylation sites (tertiary alicyclic amines) is 1. The Morgan fingerprint density at radius 3 is 2.67 bits per heavy atom. The first-order chi connectivity index (χ1) is 5.66. The van der Waals surface area contributed by atoms with Crippen LogP contribution in [0, 0.1) is 0 Å². The maximum absolute atomic E-state index is 9.37. The lowest BCUT2D eigenvalue weighted by Crippen LogP contribution is -2.68. The van der Waals surface area contributed by atoms with E-state index in [9.17, 15) is 5.11 Å². The summed E-state index contributed by atoms with van der Waals surface area (Å²) in [4.78, 5) is 1.82. The fourth-order valence-corrected chi connectivity index (χ4v) is 2.06. The summed E-state index contributed by atoms with van der Waals surface area (Å²) in [7, 11) is 1.80. The largest absolute Gasteiger partial charge is 0.395 e. The predicted molar refractivity (Wildman–Crippen MR) is 39.3 cm³/mol. The first-order valence-electron chi connectivity index (χ1n) is 4.01. The zero-order valence-electron chi connectivity index (χ0n) is 6.79. The van der Waals surface area contributed by atoms with Gasteiger partial charge in [-0.3, -0.25) is 4.90 Å². The molecule has 12 heavy (non-hydrogen) atoms. The van der Waals surface area contributed by atoms with Gasteiger partial charge in [-0.1, -0.05) is 0 Å². The molecule has 5 nitrogen and oxygen atoms in total. The lowest BCUT2D eigenvalue weighted by molar-refractivity contribution is -0.155. The smallest absolute Gasteiger partial charge is 0.182 e. The van der Waals surface area contributed by atoms with Crippen molar-refractivity contribution in [3.63, 3.8) is 0 Å². The van der Waals surface area contributed by atoms with Gasteiger partial charge in [-0.15, -0.1) is 0 Å². The minimum Gasteiger partial charge on any atom is -0.395 e. The third-order valence-corrected chi connectivity index (χ3v) is 2.83. The number of hydrogen-bond acceptors (Lipinski definition) is 5. The minimum absolute atomic E-state index is 0.00287. The Morgan fingerprint density at radius 2 is 2.08 bits per heavy atom. The molecule has 0 aromatic rings. The molecule has 0 bridgehead atoms. The van der Waals surface area contributed by atoms with E-state index >= 15 is 0 Å². The predicted octanol–water partition coefficient (Wildman–Crippen LogP) is -2.26. The van der Waals surface area contributed by atoms with E-state index in [1.165, 1.54) is 0 Å². The van der Waals surface area contributed by atoms with Crippen molar-refractivity contribution in [1.82, 2.24) is 4.90 Å². The van der Waals surface area contributed by atoms with Crippen molar-refractivity contribution in [3.05, 3.63) is 0 Å². The number of nitrogens with zero attached hydrogens (tertiary/aromatic N) is 1. The van der Waals surface area contributed by atoms with Gasteiger partial charge < -0.3 is 20.1 Å². The van der Waals surface area contributed by atoms with Gasteiger partial charge in [0.25, 0.3) is 0 Å². The molecule has 5 heteroatoms. The van der Waals surface area contributed by atoms with Gasteiger partial charge in [-0.05, 0) is 7.05 Å². The second-order valence-corrected chi connectivity index (χ2v) is 3.39. The van der Waals surface area contributed by atoms with Gasteiger partial charge in [0.2, 0.25) is 0 Å². The van der Waals surface area contributed by atoms with Gasteiger partial charge >= 0.3 is 0 Å². The fourth-order valence-electron chi connectivity index (χ4n) is 2.06. The van der Waals surface area contributed by atoms with E-state index in [0.29, 0.717) is 0 Å². The van der Waals surface area contributed by atoms with Crippen LogP contribution in [0.15, 0.2) is 0 Å². The van der Waals surface area contributed by atoms with Gasteiger partial charge in [-0.2, -0.15) is 0 Å². The molecule has 2 aliphatic rings. The Hall–Kier alpha value is -0.200. The molecule has 0 saturated carbocycles. The Morgan fingerprint density at radius 1 is 1.42 bits per heavy atom.